The molecule has 0 spiro atoms. The number of fused-ring (bicyclic) bond motifs is 8. The van der Waals surface area contributed by atoms with Crippen LogP contribution in [0.1, 0.15) is 0 Å². The predicted molar refractivity (Wildman–Crippen MR) is 259 cm³/mol. The van der Waals surface area contributed by atoms with Gasteiger partial charge in [0.25, 0.3) is 0 Å². The average molecular weight is 757 g/mol. The third kappa shape index (κ3) is 4.62. The van der Waals surface area contributed by atoms with Crippen molar-refractivity contribution in [1.82, 2.24) is 0 Å². The van der Waals surface area contributed by atoms with Gasteiger partial charge in [-0.2, -0.15) is 0 Å². The van der Waals surface area contributed by atoms with Crippen LogP contribution in [0.4, 0.5) is 0 Å². The van der Waals surface area contributed by atoms with E-state index in [9.17, 15) is 0 Å². The van der Waals surface area contributed by atoms with E-state index in [1.165, 1.54) is 131 Å². The molecule has 13 aromatic carbocycles. The smallest absolute Gasteiger partial charge is 0.000719 e. The first-order valence-electron chi connectivity index (χ1n) is 20.9. The molecule has 0 heteroatoms. The lowest BCUT2D eigenvalue weighted by molar-refractivity contribution is 1.64. The van der Waals surface area contributed by atoms with Crippen LogP contribution in [-0.4, -0.2) is 0 Å². The summed E-state index contributed by atoms with van der Waals surface area (Å²) in [6.07, 6.45) is 0. The highest BCUT2D eigenvalue weighted by Crippen LogP contribution is 2.56. The fourth-order valence-electron chi connectivity index (χ4n) is 10.8. The van der Waals surface area contributed by atoms with Gasteiger partial charge in [0.1, 0.15) is 0 Å². The summed E-state index contributed by atoms with van der Waals surface area (Å²) in [5, 5.41) is 18.3. The van der Waals surface area contributed by atoms with Crippen LogP contribution in [0.25, 0.3) is 131 Å². The third-order valence-electron chi connectivity index (χ3n) is 13.1. The number of benzene rings is 11. The predicted octanol–water partition coefficient (Wildman–Crippen LogP) is 17.0. The number of hydrogen-bond acceptors (Lipinski definition) is 0. The molecule has 13 aromatic rings. The van der Waals surface area contributed by atoms with Gasteiger partial charge in [-0.25, -0.2) is 0 Å². The molecule has 13 rings (SSSR count). The van der Waals surface area contributed by atoms with Crippen LogP contribution in [-0.2, 0) is 0 Å². The minimum atomic E-state index is 1.23. The van der Waals surface area contributed by atoms with Crippen LogP contribution in [0, 0.1) is 0 Å². The van der Waals surface area contributed by atoms with Crippen molar-refractivity contribution in [1.29, 1.82) is 0 Å². The first-order valence-corrected chi connectivity index (χ1v) is 20.9. The summed E-state index contributed by atoms with van der Waals surface area (Å²) < 4.78 is 0. The Morgan fingerprint density at radius 2 is 0.533 bits per heavy atom. The molecule has 0 radical (unpaired) electrons. The Balaban J connectivity index is 1.32. The molecular formula is C60H36. The topological polar surface area (TPSA) is 0 Å². The SMILES string of the molecule is c1ccc(-c2ccc3c4c(-c5ccccc5)c5c(cc6c7c(-c8ccccc8)ccc(-c8ccccc8)c7c7cccc5c76)c(-c5ccccc5)c4c4cccc2c43)cc1. The molecule has 0 aliphatic heterocycles. The molecule has 0 atom stereocenters. The van der Waals surface area contributed by atoms with Crippen LogP contribution in [0.2, 0.25) is 0 Å². The van der Waals surface area contributed by atoms with Crippen LogP contribution < -0.4 is 0 Å². The minimum Gasteiger partial charge on any atom is -0.0622 e. The van der Waals surface area contributed by atoms with Gasteiger partial charge < -0.3 is 0 Å². The Morgan fingerprint density at radius 1 is 0.167 bits per heavy atom. The summed E-state index contributed by atoms with van der Waals surface area (Å²) in [7, 11) is 0. The van der Waals surface area contributed by atoms with Crippen LogP contribution in [0.5, 0.6) is 0 Å². The molecule has 0 saturated heterocycles. The summed E-state index contributed by atoms with van der Waals surface area (Å²) in [6.45, 7) is 0. The second-order valence-corrected chi connectivity index (χ2v) is 16.2. The van der Waals surface area contributed by atoms with E-state index in [-0.39, 0.29) is 0 Å². The van der Waals surface area contributed by atoms with E-state index in [0.29, 0.717) is 0 Å². The lowest BCUT2D eigenvalue weighted by Gasteiger charge is -2.19. The Hall–Kier alpha value is -7.80. The maximum atomic E-state index is 2.57. The van der Waals surface area contributed by atoms with Crippen molar-refractivity contribution in [2.24, 2.45) is 0 Å². The van der Waals surface area contributed by atoms with Gasteiger partial charge in [-0.15, -0.1) is 0 Å². The van der Waals surface area contributed by atoms with Gasteiger partial charge in [0.2, 0.25) is 0 Å². The highest BCUT2D eigenvalue weighted by Gasteiger charge is 2.28. The number of rotatable bonds is 5. The maximum Gasteiger partial charge on any atom is -0.000719 e. The van der Waals surface area contributed by atoms with Gasteiger partial charge in [-0.3, -0.25) is 0 Å². The van der Waals surface area contributed by atoms with E-state index in [0.717, 1.165) is 0 Å². The molecule has 0 aromatic heterocycles. The Bertz CT molecular complexity index is 3760. The monoisotopic (exact) mass is 756 g/mol. The van der Waals surface area contributed by atoms with E-state index in [1.54, 1.807) is 0 Å². The molecular weight excluding hydrogens is 721 g/mol. The van der Waals surface area contributed by atoms with Crippen molar-refractivity contribution in [3.63, 3.8) is 0 Å². The van der Waals surface area contributed by atoms with Gasteiger partial charge in [-0.05, 0) is 137 Å². The Morgan fingerprint density at radius 3 is 1.08 bits per heavy atom. The first kappa shape index (κ1) is 33.2. The molecule has 0 aliphatic carbocycles. The first-order chi connectivity index (χ1) is 29.8. The van der Waals surface area contributed by atoms with Gasteiger partial charge in [0, 0.05) is 0 Å². The Kier molecular flexibility index (Phi) is 7.11. The second-order valence-electron chi connectivity index (χ2n) is 16.2. The average Bonchev–Trinajstić information content (AvgIpc) is 3.84. The molecule has 0 amide bonds. The van der Waals surface area contributed by atoms with Gasteiger partial charge in [0.15, 0.2) is 0 Å². The summed E-state index contributed by atoms with van der Waals surface area (Å²) >= 11 is 0. The molecule has 0 nitrogen and oxygen atoms in total. The fraction of sp³-hybridized carbons (Fsp3) is 0. The summed E-state index contributed by atoms with van der Waals surface area (Å²) in [5.41, 5.74) is 12.6. The highest BCUT2D eigenvalue weighted by atomic mass is 14.3. The lowest BCUT2D eigenvalue weighted by Crippen LogP contribution is -1.91. The zero-order valence-electron chi connectivity index (χ0n) is 32.8. The van der Waals surface area contributed by atoms with E-state index in [1.807, 2.05) is 0 Å². The highest BCUT2D eigenvalue weighted by molar-refractivity contribution is 6.46. The molecule has 0 N–H and O–H groups in total. The molecule has 0 aliphatic rings. The zero-order valence-corrected chi connectivity index (χ0v) is 32.8. The standard InChI is InChI=1S/C60H36/c1-6-18-37(19-7-1)42-32-35-49-54-45(42)28-16-31-48(54)59-52(40-24-12-4-13-25-40)50-36-51-55-46(29-17-30-47(55)58(50)53(60(49)59)41-26-14-5-15-27-41)56-43(38-20-8-2-9-21-38)33-34-44(57(51)56)39-22-10-3-11-23-39/h1-36H. The maximum absolute atomic E-state index is 2.57. The van der Waals surface area contributed by atoms with Crippen LogP contribution in [0.15, 0.2) is 218 Å². The van der Waals surface area contributed by atoms with Crippen molar-refractivity contribution >= 4 is 75.4 Å². The van der Waals surface area contributed by atoms with Gasteiger partial charge >= 0.3 is 0 Å². The largest absolute Gasteiger partial charge is 0.0622 e. The molecule has 60 heavy (non-hydrogen) atoms. The summed E-state index contributed by atoms with van der Waals surface area (Å²) in [6, 6.07) is 81.1. The third-order valence-corrected chi connectivity index (χ3v) is 13.1. The zero-order chi connectivity index (χ0) is 39.3. The van der Waals surface area contributed by atoms with Crippen molar-refractivity contribution in [3.05, 3.63) is 218 Å². The molecule has 0 saturated carbocycles. The van der Waals surface area contributed by atoms with Crippen molar-refractivity contribution in [3.8, 4) is 55.6 Å². The molecule has 0 unspecified atom stereocenters. The van der Waals surface area contributed by atoms with Crippen LogP contribution in [0.3, 0.4) is 0 Å². The van der Waals surface area contributed by atoms with Crippen molar-refractivity contribution in [2.45, 2.75) is 0 Å². The Labute approximate surface area is 347 Å². The second kappa shape index (κ2) is 12.9. The fourth-order valence-corrected chi connectivity index (χ4v) is 10.8. The molecule has 0 bridgehead atoms. The van der Waals surface area contributed by atoms with E-state index >= 15 is 0 Å². The van der Waals surface area contributed by atoms with E-state index in [2.05, 4.69) is 218 Å². The summed E-state index contributed by atoms with van der Waals surface area (Å²) in [5.74, 6) is 0. The molecule has 276 valence electrons. The summed E-state index contributed by atoms with van der Waals surface area (Å²) in [4.78, 5) is 0. The normalized spacial score (nSPS) is 12.0. The van der Waals surface area contributed by atoms with Crippen molar-refractivity contribution < 1.29 is 0 Å². The molecule has 0 fully saturated rings. The quantitative estimate of drug-likeness (QED) is 0.153. The molecule has 0 heterocycles. The number of hydrogen-bond donors (Lipinski definition) is 0. The van der Waals surface area contributed by atoms with Gasteiger partial charge in [-0.1, -0.05) is 212 Å². The van der Waals surface area contributed by atoms with Crippen LogP contribution >= 0.6 is 0 Å². The lowest BCUT2D eigenvalue weighted by atomic mass is 9.83. The van der Waals surface area contributed by atoms with Gasteiger partial charge in [0.05, 0.1) is 0 Å². The minimum absolute atomic E-state index is 1.23. The van der Waals surface area contributed by atoms with E-state index in [4.69, 9.17) is 0 Å². The van der Waals surface area contributed by atoms with Crippen molar-refractivity contribution in [2.75, 3.05) is 0 Å². The van der Waals surface area contributed by atoms with E-state index < -0.39 is 0 Å².